The van der Waals surface area contributed by atoms with E-state index in [1.54, 1.807) is 0 Å². The number of carboxylic acids is 1. The van der Waals surface area contributed by atoms with E-state index in [2.05, 4.69) is 66.8 Å². The van der Waals surface area contributed by atoms with E-state index in [0.717, 1.165) is 38.5 Å². The summed E-state index contributed by atoms with van der Waals surface area (Å²) in [5.41, 5.74) is 1.39. The van der Waals surface area contributed by atoms with Crippen LogP contribution in [0.15, 0.2) is 66.8 Å². The van der Waals surface area contributed by atoms with E-state index in [4.69, 9.17) is 9.84 Å². The molecule has 2 rings (SSSR count). The molecule has 0 radical (unpaired) electrons. The summed E-state index contributed by atoms with van der Waals surface area (Å²) in [4.78, 5) is 10.4. The van der Waals surface area contributed by atoms with Crippen molar-refractivity contribution in [2.75, 3.05) is 0 Å². The maximum Gasteiger partial charge on any atom is 0.303 e. The molecule has 1 aromatic rings. The lowest BCUT2D eigenvalue weighted by Gasteiger charge is -1.96. The predicted molar refractivity (Wildman–Crippen MR) is 106 cm³/mol. The molecule has 0 aromatic heterocycles. The van der Waals surface area contributed by atoms with Crippen LogP contribution in [-0.2, 0) is 16.0 Å². The fourth-order valence-corrected chi connectivity index (χ4v) is 2.83. The lowest BCUT2D eigenvalue weighted by atomic mass is 10.1. The number of epoxide rings is 1. The molecule has 1 heterocycles. The third-order valence-electron chi connectivity index (χ3n) is 4.40. The maximum absolute atomic E-state index is 10.4. The first-order valence-corrected chi connectivity index (χ1v) is 9.62. The van der Waals surface area contributed by atoms with Crippen LogP contribution < -0.4 is 0 Å². The number of carbonyl (C=O) groups is 1. The van der Waals surface area contributed by atoms with Gasteiger partial charge in [-0.05, 0) is 50.5 Å². The van der Waals surface area contributed by atoms with Gasteiger partial charge in [-0.15, -0.1) is 0 Å². The molecule has 0 bridgehead atoms. The van der Waals surface area contributed by atoms with Crippen LogP contribution in [-0.4, -0.2) is 23.3 Å². The number of benzene rings is 1. The van der Waals surface area contributed by atoms with Gasteiger partial charge in [0.15, 0.2) is 0 Å². The summed E-state index contributed by atoms with van der Waals surface area (Å²) in [7, 11) is 0. The standard InChI is InChI=1S/C23H30O3/c24-23(25)19-13-5-3-1-2-4-11-17-21-22(26-21)18-12-7-10-16-20-14-8-6-9-15-20/h1,3-4,6-9,11-12,14-15,21-22H,2,5,10,13,16-19H2,(H,24,25)/b3-1-,11-4-,12-7-/t21-,22+/m1/s1. The minimum Gasteiger partial charge on any atom is -0.481 e. The summed E-state index contributed by atoms with van der Waals surface area (Å²) in [6.07, 6.45) is 20.7. The van der Waals surface area contributed by atoms with Crippen molar-refractivity contribution >= 4 is 5.97 Å². The molecular formula is C23H30O3. The molecule has 0 aliphatic carbocycles. The Morgan fingerprint density at radius 3 is 2.31 bits per heavy atom. The number of ether oxygens (including phenoxy) is 1. The van der Waals surface area contributed by atoms with Crippen molar-refractivity contribution in [3.8, 4) is 0 Å². The smallest absolute Gasteiger partial charge is 0.303 e. The van der Waals surface area contributed by atoms with E-state index in [-0.39, 0.29) is 6.42 Å². The molecule has 26 heavy (non-hydrogen) atoms. The molecule has 0 unspecified atom stereocenters. The van der Waals surface area contributed by atoms with Gasteiger partial charge in [0.2, 0.25) is 0 Å². The number of hydrogen-bond donors (Lipinski definition) is 1. The quantitative estimate of drug-likeness (QED) is 0.290. The Balaban J connectivity index is 1.44. The van der Waals surface area contributed by atoms with E-state index in [0.29, 0.717) is 18.6 Å². The third-order valence-corrected chi connectivity index (χ3v) is 4.40. The summed E-state index contributed by atoms with van der Waals surface area (Å²) in [5.74, 6) is -0.719. The molecule has 1 aliphatic rings. The van der Waals surface area contributed by atoms with Crippen molar-refractivity contribution in [2.45, 2.75) is 63.6 Å². The number of aryl methyl sites for hydroxylation is 1. The van der Waals surface area contributed by atoms with Crippen molar-refractivity contribution in [3.05, 3.63) is 72.4 Å². The minimum atomic E-state index is -0.719. The van der Waals surface area contributed by atoms with Gasteiger partial charge in [-0.3, -0.25) is 4.79 Å². The number of unbranched alkanes of at least 4 members (excludes halogenated alkanes) is 1. The average Bonchev–Trinajstić information content (AvgIpc) is 3.39. The Labute approximate surface area is 157 Å². The van der Waals surface area contributed by atoms with Gasteiger partial charge in [0.05, 0.1) is 12.2 Å². The van der Waals surface area contributed by atoms with Crippen molar-refractivity contribution in [3.63, 3.8) is 0 Å². The summed E-state index contributed by atoms with van der Waals surface area (Å²) < 4.78 is 5.69. The van der Waals surface area contributed by atoms with Crippen LogP contribution in [0.3, 0.4) is 0 Å². The van der Waals surface area contributed by atoms with E-state index < -0.39 is 5.97 Å². The van der Waals surface area contributed by atoms with Crippen LogP contribution >= 0.6 is 0 Å². The van der Waals surface area contributed by atoms with Crippen molar-refractivity contribution < 1.29 is 14.6 Å². The lowest BCUT2D eigenvalue weighted by Crippen LogP contribution is -1.92. The van der Waals surface area contributed by atoms with Gasteiger partial charge < -0.3 is 9.84 Å². The molecular weight excluding hydrogens is 324 g/mol. The van der Waals surface area contributed by atoms with Crippen LogP contribution in [0.4, 0.5) is 0 Å². The molecule has 3 nitrogen and oxygen atoms in total. The van der Waals surface area contributed by atoms with Gasteiger partial charge in [-0.2, -0.15) is 0 Å². The second-order valence-electron chi connectivity index (χ2n) is 6.64. The highest BCUT2D eigenvalue weighted by Gasteiger charge is 2.35. The Morgan fingerprint density at radius 2 is 1.58 bits per heavy atom. The monoisotopic (exact) mass is 354 g/mol. The van der Waals surface area contributed by atoms with Gasteiger partial charge in [0.25, 0.3) is 0 Å². The van der Waals surface area contributed by atoms with Crippen LogP contribution in [0.2, 0.25) is 0 Å². The number of aliphatic carboxylic acids is 1. The van der Waals surface area contributed by atoms with E-state index in [9.17, 15) is 4.79 Å². The zero-order valence-corrected chi connectivity index (χ0v) is 15.4. The van der Waals surface area contributed by atoms with Crippen molar-refractivity contribution in [2.24, 2.45) is 0 Å². The minimum absolute atomic E-state index is 0.251. The van der Waals surface area contributed by atoms with E-state index >= 15 is 0 Å². The fraction of sp³-hybridized carbons (Fsp3) is 0.435. The zero-order valence-electron chi connectivity index (χ0n) is 15.4. The Hall–Kier alpha value is -2.13. The molecule has 140 valence electrons. The zero-order chi connectivity index (χ0) is 18.5. The van der Waals surface area contributed by atoms with Crippen LogP contribution in [0.5, 0.6) is 0 Å². The maximum atomic E-state index is 10.4. The number of hydrogen-bond acceptors (Lipinski definition) is 2. The van der Waals surface area contributed by atoms with E-state index in [1.807, 2.05) is 0 Å². The largest absolute Gasteiger partial charge is 0.481 e. The highest BCUT2D eigenvalue weighted by atomic mass is 16.6. The molecule has 1 aromatic carbocycles. The topological polar surface area (TPSA) is 49.8 Å². The molecule has 1 fully saturated rings. The number of carboxylic acid groups (broad SMARTS) is 1. The summed E-state index contributed by atoms with van der Waals surface area (Å²) >= 11 is 0. The van der Waals surface area contributed by atoms with Crippen LogP contribution in [0.1, 0.15) is 50.5 Å². The van der Waals surface area contributed by atoms with Gasteiger partial charge in [-0.25, -0.2) is 0 Å². The third kappa shape index (κ3) is 9.38. The Morgan fingerprint density at radius 1 is 0.923 bits per heavy atom. The van der Waals surface area contributed by atoms with Crippen LogP contribution in [0, 0.1) is 0 Å². The summed E-state index contributed by atoms with van der Waals surface area (Å²) in [6, 6.07) is 10.6. The van der Waals surface area contributed by atoms with Crippen LogP contribution in [0.25, 0.3) is 0 Å². The number of rotatable bonds is 13. The predicted octanol–water partition coefficient (Wildman–Crippen LogP) is 5.48. The first-order valence-electron chi connectivity index (χ1n) is 9.62. The Kier molecular flexibility index (Phi) is 9.52. The SMILES string of the molecule is O=C(O)CCC/C=C\C/C=C\C[C@H]1O[C@H]1C/C=C\CCc1ccccc1. The first kappa shape index (κ1) is 20.2. The highest BCUT2D eigenvalue weighted by Crippen LogP contribution is 2.29. The van der Waals surface area contributed by atoms with E-state index in [1.165, 1.54) is 5.56 Å². The summed E-state index contributed by atoms with van der Waals surface area (Å²) in [5, 5.41) is 8.54. The lowest BCUT2D eigenvalue weighted by molar-refractivity contribution is -0.137. The van der Waals surface area contributed by atoms with Gasteiger partial charge >= 0.3 is 5.97 Å². The highest BCUT2D eigenvalue weighted by molar-refractivity contribution is 5.66. The normalized spacial score (nSPS) is 19.7. The molecule has 1 N–H and O–H groups in total. The fourth-order valence-electron chi connectivity index (χ4n) is 2.83. The molecule has 1 aliphatic heterocycles. The molecule has 3 heteroatoms. The average molecular weight is 354 g/mol. The van der Waals surface area contributed by atoms with Gasteiger partial charge in [-0.1, -0.05) is 66.8 Å². The van der Waals surface area contributed by atoms with Gasteiger partial charge in [0.1, 0.15) is 0 Å². The second-order valence-corrected chi connectivity index (χ2v) is 6.64. The molecule has 0 amide bonds. The molecule has 2 atom stereocenters. The molecule has 0 spiro atoms. The molecule has 1 saturated heterocycles. The van der Waals surface area contributed by atoms with Gasteiger partial charge in [0, 0.05) is 6.42 Å². The summed E-state index contributed by atoms with van der Waals surface area (Å²) in [6.45, 7) is 0. The molecule has 0 saturated carbocycles. The second kappa shape index (κ2) is 12.3. The number of allylic oxidation sites excluding steroid dienone is 4. The van der Waals surface area contributed by atoms with Crippen molar-refractivity contribution in [1.82, 2.24) is 0 Å². The van der Waals surface area contributed by atoms with Crippen molar-refractivity contribution in [1.29, 1.82) is 0 Å². The Bertz CT molecular complexity index is 601. The first-order chi connectivity index (χ1) is 12.8.